The van der Waals surface area contributed by atoms with Gasteiger partial charge in [-0.3, -0.25) is 0 Å². The summed E-state index contributed by atoms with van der Waals surface area (Å²) in [7, 11) is 3.10. The summed E-state index contributed by atoms with van der Waals surface area (Å²) in [6.45, 7) is 0. The molecule has 0 saturated carbocycles. The van der Waals surface area contributed by atoms with Gasteiger partial charge in [0.05, 0.1) is 24.6 Å². The number of methoxy groups -OCH3 is 2. The molecular formula is C15H12BrCl2FO2. The third-order valence-corrected chi connectivity index (χ3v) is 4.57. The molecule has 0 aromatic heterocycles. The van der Waals surface area contributed by atoms with Gasteiger partial charge in [0.15, 0.2) is 0 Å². The van der Waals surface area contributed by atoms with E-state index in [1.54, 1.807) is 25.3 Å². The molecule has 2 nitrogen and oxygen atoms in total. The highest BCUT2D eigenvalue weighted by molar-refractivity contribution is 9.10. The van der Waals surface area contributed by atoms with Crippen molar-refractivity contribution >= 4 is 39.1 Å². The van der Waals surface area contributed by atoms with Gasteiger partial charge in [0, 0.05) is 5.56 Å². The van der Waals surface area contributed by atoms with Crippen LogP contribution in [0.3, 0.4) is 0 Å². The lowest BCUT2D eigenvalue weighted by Crippen LogP contribution is -2.00. The molecule has 0 aliphatic heterocycles. The summed E-state index contributed by atoms with van der Waals surface area (Å²) < 4.78 is 24.8. The van der Waals surface area contributed by atoms with Gasteiger partial charge in [-0.1, -0.05) is 17.7 Å². The summed E-state index contributed by atoms with van der Waals surface area (Å²) in [5.74, 6) is 0.665. The molecule has 1 atom stereocenters. The number of halogens is 4. The summed E-state index contributed by atoms with van der Waals surface area (Å²) in [5, 5.41) is -0.514. The van der Waals surface area contributed by atoms with E-state index in [0.717, 1.165) is 0 Å². The fraction of sp³-hybridized carbons (Fsp3) is 0.200. The van der Waals surface area contributed by atoms with Gasteiger partial charge in [0.25, 0.3) is 0 Å². The summed E-state index contributed by atoms with van der Waals surface area (Å²) >= 11 is 15.6. The Kier molecular flexibility index (Phi) is 5.36. The number of rotatable bonds is 4. The van der Waals surface area contributed by atoms with E-state index in [4.69, 9.17) is 32.7 Å². The van der Waals surface area contributed by atoms with Crippen LogP contribution in [-0.2, 0) is 0 Å². The first-order valence-corrected chi connectivity index (χ1v) is 7.59. The fourth-order valence-electron chi connectivity index (χ4n) is 1.97. The third kappa shape index (κ3) is 3.28. The van der Waals surface area contributed by atoms with Crippen molar-refractivity contribution in [3.05, 3.63) is 56.8 Å². The van der Waals surface area contributed by atoms with Crippen molar-refractivity contribution < 1.29 is 13.9 Å². The van der Waals surface area contributed by atoms with Crippen molar-refractivity contribution in [2.24, 2.45) is 0 Å². The Morgan fingerprint density at radius 1 is 1.14 bits per heavy atom. The van der Waals surface area contributed by atoms with Crippen LogP contribution in [0, 0.1) is 5.82 Å². The smallest absolute Gasteiger partial charge is 0.142 e. The van der Waals surface area contributed by atoms with Crippen LogP contribution in [0.15, 0.2) is 34.8 Å². The average molecular weight is 394 g/mol. The first-order valence-electron chi connectivity index (χ1n) is 5.99. The van der Waals surface area contributed by atoms with Crippen LogP contribution in [-0.4, -0.2) is 14.2 Å². The molecule has 2 aromatic carbocycles. The Morgan fingerprint density at radius 3 is 2.43 bits per heavy atom. The van der Waals surface area contributed by atoms with E-state index >= 15 is 0 Å². The van der Waals surface area contributed by atoms with Gasteiger partial charge in [-0.05, 0) is 45.8 Å². The predicted octanol–water partition coefficient (Wildman–Crippen LogP) is 5.59. The van der Waals surface area contributed by atoms with E-state index < -0.39 is 11.2 Å². The Balaban J connectivity index is 2.50. The average Bonchev–Trinajstić information content (AvgIpc) is 2.49. The maximum atomic E-state index is 13.6. The highest BCUT2D eigenvalue weighted by Crippen LogP contribution is 2.43. The first kappa shape index (κ1) is 16.4. The monoisotopic (exact) mass is 392 g/mol. The summed E-state index contributed by atoms with van der Waals surface area (Å²) in [6.07, 6.45) is 0. The third-order valence-electron chi connectivity index (χ3n) is 3.03. The van der Waals surface area contributed by atoms with E-state index in [2.05, 4.69) is 15.9 Å². The molecule has 0 aliphatic rings. The summed E-state index contributed by atoms with van der Waals surface area (Å²) in [6, 6.07) is 8.03. The Bertz CT molecular complexity index is 664. The largest absolute Gasteiger partial charge is 0.495 e. The van der Waals surface area contributed by atoms with Crippen LogP contribution in [0.5, 0.6) is 11.5 Å². The van der Waals surface area contributed by atoms with E-state index in [9.17, 15) is 4.39 Å². The van der Waals surface area contributed by atoms with E-state index in [1.807, 2.05) is 0 Å². The maximum absolute atomic E-state index is 13.6. The van der Waals surface area contributed by atoms with Gasteiger partial charge in [0.2, 0.25) is 0 Å². The van der Waals surface area contributed by atoms with Gasteiger partial charge >= 0.3 is 0 Å². The SMILES string of the molecule is COc1ccc(C(Cl)c2ccc(Cl)c(F)c2)c(OC)c1Br. The number of hydrogen-bond donors (Lipinski definition) is 0. The van der Waals surface area contributed by atoms with Crippen LogP contribution in [0.25, 0.3) is 0 Å². The van der Waals surface area contributed by atoms with E-state index in [-0.39, 0.29) is 5.02 Å². The van der Waals surface area contributed by atoms with Crippen molar-refractivity contribution in [1.82, 2.24) is 0 Å². The molecule has 2 aromatic rings. The van der Waals surface area contributed by atoms with Crippen molar-refractivity contribution in [1.29, 1.82) is 0 Å². The molecule has 0 radical (unpaired) electrons. The molecule has 6 heteroatoms. The van der Waals surface area contributed by atoms with Gasteiger partial charge in [-0.2, -0.15) is 0 Å². The Labute approximate surface area is 140 Å². The zero-order valence-corrected chi connectivity index (χ0v) is 14.4. The number of hydrogen-bond acceptors (Lipinski definition) is 2. The second-order valence-electron chi connectivity index (χ2n) is 4.24. The van der Waals surface area contributed by atoms with Gasteiger partial charge in [-0.25, -0.2) is 4.39 Å². The molecule has 1 unspecified atom stereocenters. The lowest BCUT2D eigenvalue weighted by atomic mass is 10.0. The second-order valence-corrected chi connectivity index (χ2v) is 5.88. The zero-order valence-electron chi connectivity index (χ0n) is 11.3. The first-order chi connectivity index (χ1) is 9.99. The Morgan fingerprint density at radius 2 is 1.86 bits per heavy atom. The standard InChI is InChI=1S/C15H12BrCl2FO2/c1-20-12-6-4-9(15(21-2)13(12)16)14(18)8-3-5-10(17)11(19)7-8/h3-7,14H,1-2H3. The van der Waals surface area contributed by atoms with Crippen LogP contribution in [0.4, 0.5) is 4.39 Å². The van der Waals surface area contributed by atoms with Crippen LogP contribution >= 0.6 is 39.1 Å². The van der Waals surface area contributed by atoms with Gasteiger partial charge in [0.1, 0.15) is 21.8 Å². The van der Waals surface area contributed by atoms with Crippen molar-refractivity contribution in [3.8, 4) is 11.5 Å². The van der Waals surface area contributed by atoms with Gasteiger partial charge in [-0.15, -0.1) is 11.6 Å². The normalized spacial score (nSPS) is 12.1. The lowest BCUT2D eigenvalue weighted by molar-refractivity contribution is 0.386. The van der Waals surface area contributed by atoms with Crippen molar-refractivity contribution in [3.63, 3.8) is 0 Å². The molecular weight excluding hydrogens is 382 g/mol. The van der Waals surface area contributed by atoms with E-state index in [0.29, 0.717) is 27.1 Å². The van der Waals surface area contributed by atoms with Crippen molar-refractivity contribution in [2.75, 3.05) is 14.2 Å². The van der Waals surface area contributed by atoms with Crippen LogP contribution in [0.2, 0.25) is 5.02 Å². The highest BCUT2D eigenvalue weighted by Gasteiger charge is 2.21. The molecule has 0 N–H and O–H groups in total. The molecule has 0 spiro atoms. The molecule has 21 heavy (non-hydrogen) atoms. The zero-order chi connectivity index (χ0) is 15.6. The molecule has 2 rings (SSSR count). The predicted molar refractivity (Wildman–Crippen MR) is 86.4 cm³/mol. The molecule has 0 bridgehead atoms. The Hall–Kier alpha value is -0.970. The minimum absolute atomic E-state index is 0.0606. The minimum atomic E-state index is -0.575. The number of benzene rings is 2. The van der Waals surface area contributed by atoms with Crippen LogP contribution in [0.1, 0.15) is 16.5 Å². The summed E-state index contributed by atoms with van der Waals surface area (Å²) in [5.41, 5.74) is 1.29. The fourth-order valence-corrected chi connectivity index (χ4v) is 3.08. The summed E-state index contributed by atoms with van der Waals surface area (Å²) in [4.78, 5) is 0. The number of alkyl halides is 1. The maximum Gasteiger partial charge on any atom is 0.142 e. The molecule has 0 saturated heterocycles. The highest BCUT2D eigenvalue weighted by atomic mass is 79.9. The second kappa shape index (κ2) is 6.86. The van der Waals surface area contributed by atoms with E-state index in [1.165, 1.54) is 19.2 Å². The minimum Gasteiger partial charge on any atom is -0.495 e. The van der Waals surface area contributed by atoms with Crippen molar-refractivity contribution in [2.45, 2.75) is 5.38 Å². The molecule has 112 valence electrons. The van der Waals surface area contributed by atoms with Gasteiger partial charge < -0.3 is 9.47 Å². The quantitative estimate of drug-likeness (QED) is 0.630. The molecule has 0 aliphatic carbocycles. The lowest BCUT2D eigenvalue weighted by Gasteiger charge is -2.17. The molecule has 0 fully saturated rings. The molecule has 0 amide bonds. The number of ether oxygens (including phenoxy) is 2. The topological polar surface area (TPSA) is 18.5 Å². The van der Waals surface area contributed by atoms with Crippen LogP contribution < -0.4 is 9.47 Å². The molecule has 0 heterocycles.